The molecule has 4 rings (SSSR count). The molecule has 0 saturated heterocycles. The Morgan fingerprint density at radius 2 is 1.87 bits per heavy atom. The van der Waals surface area contributed by atoms with Crippen molar-refractivity contribution < 1.29 is 0 Å². The zero-order chi connectivity index (χ0) is 10.7. The van der Waals surface area contributed by atoms with Crippen LogP contribution in [0, 0.1) is 0 Å². The topological polar surface area (TPSA) is 38.0 Å². The molecule has 0 atom stereocenters. The number of nitrogens with two attached hydrogens (primary N) is 1. The van der Waals surface area contributed by atoms with Gasteiger partial charge in [-0.2, -0.15) is 0 Å². The molecule has 1 aromatic carbocycles. The minimum Gasteiger partial charge on any atom is -0.271 e. The van der Waals surface area contributed by atoms with Gasteiger partial charge in [0.25, 0.3) is 0 Å². The number of nitrogens with one attached hydrogen (secondary N) is 1. The second kappa shape index (κ2) is 2.89. The summed E-state index contributed by atoms with van der Waals surface area (Å²) in [5, 5.41) is 1.36. The Bertz CT molecular complexity index is 411. The molecule has 0 aromatic heterocycles. The van der Waals surface area contributed by atoms with Gasteiger partial charge in [-0.1, -0.05) is 35.3 Å². The lowest BCUT2D eigenvalue weighted by Gasteiger charge is -2.70. The molecule has 0 aliphatic heterocycles. The van der Waals surface area contributed by atoms with Gasteiger partial charge in [0.15, 0.2) is 0 Å². The first kappa shape index (κ1) is 9.91. The predicted octanol–water partition coefficient (Wildman–Crippen LogP) is 2.63. The summed E-state index contributed by atoms with van der Waals surface area (Å²) < 4.78 is 0. The van der Waals surface area contributed by atoms with Crippen molar-refractivity contribution in [2.24, 2.45) is 5.84 Å². The van der Waals surface area contributed by atoms with Crippen LogP contribution in [-0.2, 0) is 5.41 Å². The van der Waals surface area contributed by atoms with Crippen molar-refractivity contribution in [2.45, 2.75) is 30.2 Å². The van der Waals surface area contributed by atoms with E-state index in [1.54, 1.807) is 0 Å². The fourth-order valence-corrected chi connectivity index (χ4v) is 3.64. The normalized spacial score (nSPS) is 37.0. The monoisotopic (exact) mass is 242 g/mol. The molecule has 0 amide bonds. The van der Waals surface area contributed by atoms with E-state index < -0.39 is 0 Å². The van der Waals surface area contributed by atoms with Gasteiger partial charge in [-0.3, -0.25) is 11.3 Å². The molecule has 0 unspecified atom stereocenters. The highest BCUT2D eigenvalue weighted by Crippen LogP contribution is 2.68. The molecule has 3 N–H and O–H groups in total. The molecule has 2 nitrogen and oxygen atoms in total. The van der Waals surface area contributed by atoms with E-state index in [2.05, 4.69) is 11.5 Å². The van der Waals surface area contributed by atoms with E-state index in [1.165, 1.54) is 5.56 Å². The number of benzene rings is 1. The summed E-state index contributed by atoms with van der Waals surface area (Å²) in [5.74, 6) is 5.50. The SMILES string of the molecule is NNC12CC(c3cccc(Cl)c3Cl)(C1)C2. The lowest BCUT2D eigenvalue weighted by atomic mass is 9.37. The van der Waals surface area contributed by atoms with Crippen LogP contribution in [0.25, 0.3) is 0 Å². The Hall–Kier alpha value is -0.280. The maximum atomic E-state index is 6.22. The van der Waals surface area contributed by atoms with Crippen LogP contribution < -0.4 is 11.3 Å². The van der Waals surface area contributed by atoms with Gasteiger partial charge in [0.1, 0.15) is 0 Å². The summed E-state index contributed by atoms with van der Waals surface area (Å²) in [6.07, 6.45) is 3.24. The highest BCUT2D eigenvalue weighted by atomic mass is 35.5. The quantitative estimate of drug-likeness (QED) is 0.619. The minimum atomic E-state index is 0.186. The first-order valence-corrected chi connectivity index (χ1v) is 5.79. The van der Waals surface area contributed by atoms with Crippen LogP contribution in [0.2, 0.25) is 10.0 Å². The second-order valence-corrected chi connectivity index (χ2v) is 5.62. The largest absolute Gasteiger partial charge is 0.271 e. The van der Waals surface area contributed by atoms with E-state index in [4.69, 9.17) is 29.0 Å². The van der Waals surface area contributed by atoms with Crippen molar-refractivity contribution in [3.05, 3.63) is 33.8 Å². The van der Waals surface area contributed by atoms with Crippen molar-refractivity contribution >= 4 is 23.2 Å². The van der Waals surface area contributed by atoms with Gasteiger partial charge in [-0.15, -0.1) is 0 Å². The Kier molecular flexibility index (Phi) is 1.91. The van der Waals surface area contributed by atoms with Crippen LogP contribution in [0.4, 0.5) is 0 Å². The molecule has 4 heteroatoms. The molecular weight excluding hydrogens is 231 g/mol. The fourth-order valence-electron chi connectivity index (χ4n) is 3.14. The number of hydrogen-bond donors (Lipinski definition) is 2. The molecule has 3 aliphatic carbocycles. The predicted molar refractivity (Wildman–Crippen MR) is 62.0 cm³/mol. The molecule has 0 spiro atoms. The zero-order valence-corrected chi connectivity index (χ0v) is 9.70. The van der Waals surface area contributed by atoms with E-state index in [-0.39, 0.29) is 11.0 Å². The molecule has 15 heavy (non-hydrogen) atoms. The summed E-state index contributed by atoms with van der Waals surface area (Å²) in [6, 6.07) is 5.87. The Morgan fingerprint density at radius 1 is 1.20 bits per heavy atom. The average Bonchev–Trinajstić information content (AvgIpc) is 2.08. The number of halogens is 2. The molecule has 2 bridgehead atoms. The molecule has 1 aromatic rings. The molecule has 80 valence electrons. The van der Waals surface area contributed by atoms with Gasteiger partial charge in [-0.05, 0) is 30.9 Å². The number of hydrogen-bond acceptors (Lipinski definition) is 2. The minimum absolute atomic E-state index is 0.186. The highest BCUT2D eigenvalue weighted by Gasteiger charge is 2.68. The fraction of sp³-hybridized carbons (Fsp3) is 0.455. The van der Waals surface area contributed by atoms with Crippen molar-refractivity contribution in [2.75, 3.05) is 0 Å². The van der Waals surface area contributed by atoms with Gasteiger partial charge in [-0.25, -0.2) is 0 Å². The molecular formula is C11H12Cl2N2. The zero-order valence-electron chi connectivity index (χ0n) is 8.19. The van der Waals surface area contributed by atoms with Gasteiger partial charge in [0.05, 0.1) is 10.0 Å². The van der Waals surface area contributed by atoms with Crippen molar-refractivity contribution in [3.8, 4) is 0 Å². The molecule has 3 fully saturated rings. The first-order valence-electron chi connectivity index (χ1n) is 5.03. The highest BCUT2D eigenvalue weighted by molar-refractivity contribution is 6.42. The molecule has 0 radical (unpaired) electrons. The number of hydrazine groups is 1. The maximum absolute atomic E-state index is 6.22. The number of rotatable bonds is 2. The molecule has 3 saturated carbocycles. The van der Waals surface area contributed by atoms with Gasteiger partial charge >= 0.3 is 0 Å². The molecule has 0 heterocycles. The maximum Gasteiger partial charge on any atom is 0.0629 e. The lowest BCUT2D eigenvalue weighted by molar-refractivity contribution is -0.0881. The summed E-state index contributed by atoms with van der Waals surface area (Å²) >= 11 is 12.2. The van der Waals surface area contributed by atoms with Crippen LogP contribution in [0.5, 0.6) is 0 Å². The third-order valence-corrected chi connectivity index (χ3v) is 4.68. The van der Waals surface area contributed by atoms with Gasteiger partial charge < -0.3 is 0 Å². The van der Waals surface area contributed by atoms with Crippen LogP contribution >= 0.6 is 23.2 Å². The Balaban J connectivity index is 1.94. The van der Waals surface area contributed by atoms with Gasteiger partial charge in [0.2, 0.25) is 0 Å². The van der Waals surface area contributed by atoms with Crippen LogP contribution in [0.3, 0.4) is 0 Å². The van der Waals surface area contributed by atoms with E-state index in [0.29, 0.717) is 10.0 Å². The standard InChI is InChI=1S/C11H12Cl2N2/c12-8-3-1-2-7(9(8)13)10-4-11(5-10,6-10)15-14/h1-3,15H,4-6,14H2. The third-order valence-electron chi connectivity index (χ3n) is 3.86. The summed E-state index contributed by atoms with van der Waals surface area (Å²) in [4.78, 5) is 0. The lowest BCUT2D eigenvalue weighted by Crippen LogP contribution is -2.77. The van der Waals surface area contributed by atoms with Crippen molar-refractivity contribution in [1.29, 1.82) is 0 Å². The van der Waals surface area contributed by atoms with Crippen molar-refractivity contribution in [1.82, 2.24) is 5.43 Å². The Labute approximate surface area is 98.7 Å². The van der Waals surface area contributed by atoms with Crippen LogP contribution in [0.15, 0.2) is 18.2 Å². The van der Waals surface area contributed by atoms with E-state index in [0.717, 1.165) is 19.3 Å². The van der Waals surface area contributed by atoms with E-state index in [9.17, 15) is 0 Å². The van der Waals surface area contributed by atoms with E-state index in [1.807, 2.05) is 12.1 Å². The molecule has 3 aliphatic rings. The second-order valence-electron chi connectivity index (χ2n) is 4.84. The van der Waals surface area contributed by atoms with Gasteiger partial charge in [0, 0.05) is 11.0 Å². The summed E-state index contributed by atoms with van der Waals surface area (Å²) in [5.41, 5.74) is 4.52. The third kappa shape index (κ3) is 1.14. The summed E-state index contributed by atoms with van der Waals surface area (Å²) in [6.45, 7) is 0. The first-order chi connectivity index (χ1) is 7.11. The van der Waals surface area contributed by atoms with E-state index >= 15 is 0 Å². The average molecular weight is 243 g/mol. The van der Waals surface area contributed by atoms with Crippen LogP contribution in [0.1, 0.15) is 24.8 Å². The van der Waals surface area contributed by atoms with Crippen molar-refractivity contribution in [3.63, 3.8) is 0 Å². The summed E-state index contributed by atoms with van der Waals surface area (Å²) in [7, 11) is 0. The Morgan fingerprint density at radius 3 is 2.47 bits per heavy atom. The smallest absolute Gasteiger partial charge is 0.0629 e. The van der Waals surface area contributed by atoms with Crippen LogP contribution in [-0.4, -0.2) is 5.54 Å².